The molecule has 4 nitrogen and oxygen atoms in total. The van der Waals surface area contributed by atoms with Crippen molar-refractivity contribution < 1.29 is 14.0 Å². The third-order valence-electron chi connectivity index (χ3n) is 2.08. The summed E-state index contributed by atoms with van der Waals surface area (Å²) in [6.07, 6.45) is 0. The quantitative estimate of drug-likeness (QED) is 0.400. The molecule has 1 aromatic carbocycles. The van der Waals surface area contributed by atoms with Crippen molar-refractivity contribution in [2.24, 2.45) is 10.9 Å². The molecule has 0 radical (unpaired) electrons. The fourth-order valence-corrected chi connectivity index (χ4v) is 1.82. The van der Waals surface area contributed by atoms with E-state index in [1.165, 1.54) is 35.6 Å². The molecule has 6 heteroatoms. The zero-order valence-electron chi connectivity index (χ0n) is 9.17. The van der Waals surface area contributed by atoms with Crippen LogP contribution in [0.4, 0.5) is 4.39 Å². The van der Waals surface area contributed by atoms with Crippen molar-refractivity contribution in [1.29, 1.82) is 0 Å². The van der Waals surface area contributed by atoms with Gasteiger partial charge in [-0.2, -0.15) is 0 Å². The molecule has 0 unspecified atom stereocenters. The number of amidine groups is 1. The summed E-state index contributed by atoms with van der Waals surface area (Å²) in [6, 6.07) is 8.54. The highest BCUT2D eigenvalue weighted by atomic mass is 32.1. The number of halogens is 1. The lowest BCUT2D eigenvalue weighted by Crippen LogP contribution is -2.13. The van der Waals surface area contributed by atoms with E-state index in [2.05, 4.69) is 9.99 Å². The summed E-state index contributed by atoms with van der Waals surface area (Å²) in [4.78, 5) is 16.9. The zero-order valence-corrected chi connectivity index (χ0v) is 9.99. The molecular formula is C12H9FN2O2S. The molecule has 0 saturated heterocycles. The molecule has 0 fully saturated rings. The van der Waals surface area contributed by atoms with Gasteiger partial charge in [-0.05, 0) is 35.7 Å². The third-order valence-corrected chi connectivity index (χ3v) is 2.97. The van der Waals surface area contributed by atoms with Crippen LogP contribution in [0.5, 0.6) is 0 Å². The van der Waals surface area contributed by atoms with Gasteiger partial charge in [-0.1, -0.05) is 11.2 Å². The van der Waals surface area contributed by atoms with Crippen LogP contribution >= 0.6 is 11.3 Å². The van der Waals surface area contributed by atoms with Crippen LogP contribution in [0.1, 0.15) is 15.2 Å². The highest BCUT2D eigenvalue weighted by Gasteiger charge is 2.08. The molecule has 18 heavy (non-hydrogen) atoms. The van der Waals surface area contributed by atoms with Crippen molar-refractivity contribution in [2.45, 2.75) is 0 Å². The number of benzene rings is 1. The Morgan fingerprint density at radius 1 is 1.28 bits per heavy atom. The molecule has 0 aliphatic rings. The predicted octanol–water partition coefficient (Wildman–Crippen LogP) is 2.36. The SMILES string of the molecule is N/C(=N\OC(=O)c1ccc(F)cc1)c1cccs1. The lowest BCUT2D eigenvalue weighted by Gasteiger charge is -1.99. The maximum Gasteiger partial charge on any atom is 0.365 e. The van der Waals surface area contributed by atoms with Crippen molar-refractivity contribution in [3.63, 3.8) is 0 Å². The molecule has 92 valence electrons. The zero-order chi connectivity index (χ0) is 13.0. The molecule has 1 heterocycles. The van der Waals surface area contributed by atoms with Crippen molar-refractivity contribution in [2.75, 3.05) is 0 Å². The maximum atomic E-state index is 12.7. The number of thiophene rings is 1. The van der Waals surface area contributed by atoms with Crippen molar-refractivity contribution >= 4 is 23.1 Å². The minimum Gasteiger partial charge on any atom is -0.380 e. The smallest absolute Gasteiger partial charge is 0.365 e. The van der Waals surface area contributed by atoms with Gasteiger partial charge in [0.15, 0.2) is 5.84 Å². The van der Waals surface area contributed by atoms with E-state index in [-0.39, 0.29) is 11.4 Å². The van der Waals surface area contributed by atoms with Gasteiger partial charge in [0.1, 0.15) is 5.82 Å². The minimum absolute atomic E-state index is 0.125. The monoisotopic (exact) mass is 264 g/mol. The molecule has 0 aliphatic heterocycles. The van der Waals surface area contributed by atoms with Crippen LogP contribution in [-0.4, -0.2) is 11.8 Å². The number of oxime groups is 1. The van der Waals surface area contributed by atoms with Gasteiger partial charge >= 0.3 is 5.97 Å². The largest absolute Gasteiger partial charge is 0.380 e. The van der Waals surface area contributed by atoms with Crippen molar-refractivity contribution in [1.82, 2.24) is 0 Å². The van der Waals surface area contributed by atoms with E-state index >= 15 is 0 Å². The molecule has 0 spiro atoms. The van der Waals surface area contributed by atoms with Crippen LogP contribution in [0.2, 0.25) is 0 Å². The van der Waals surface area contributed by atoms with Crippen LogP contribution in [0.15, 0.2) is 46.9 Å². The first-order valence-electron chi connectivity index (χ1n) is 5.01. The normalized spacial score (nSPS) is 11.3. The molecule has 2 N–H and O–H groups in total. The summed E-state index contributed by atoms with van der Waals surface area (Å²) >= 11 is 1.38. The maximum absolute atomic E-state index is 12.7. The molecule has 0 saturated carbocycles. The van der Waals surface area contributed by atoms with Gasteiger partial charge in [0.2, 0.25) is 0 Å². The number of nitrogens with two attached hydrogens (primary N) is 1. The lowest BCUT2D eigenvalue weighted by molar-refractivity contribution is 0.0516. The fourth-order valence-electron chi connectivity index (χ4n) is 1.20. The Labute approximate surface area is 106 Å². The van der Waals surface area contributed by atoms with E-state index in [4.69, 9.17) is 5.73 Å². The Morgan fingerprint density at radius 3 is 2.61 bits per heavy atom. The minimum atomic E-state index is -0.686. The van der Waals surface area contributed by atoms with Gasteiger partial charge in [-0.3, -0.25) is 0 Å². The number of carbonyl (C=O) groups excluding carboxylic acids is 1. The number of carbonyl (C=O) groups is 1. The Kier molecular flexibility index (Phi) is 3.69. The first-order valence-corrected chi connectivity index (χ1v) is 5.89. The second-order valence-corrected chi connectivity index (χ2v) is 4.29. The second kappa shape index (κ2) is 5.42. The van der Waals surface area contributed by atoms with E-state index in [0.29, 0.717) is 4.88 Å². The molecule has 2 rings (SSSR count). The van der Waals surface area contributed by atoms with Crippen molar-refractivity contribution in [3.8, 4) is 0 Å². The summed E-state index contributed by atoms with van der Waals surface area (Å²) < 4.78 is 12.7. The number of nitrogens with zero attached hydrogens (tertiary/aromatic N) is 1. The summed E-state index contributed by atoms with van der Waals surface area (Å²) in [5.41, 5.74) is 5.82. The van der Waals surface area contributed by atoms with Gasteiger partial charge in [0.05, 0.1) is 10.4 Å². The van der Waals surface area contributed by atoms with Crippen LogP contribution in [0.3, 0.4) is 0 Å². The topological polar surface area (TPSA) is 64.7 Å². The molecule has 0 bridgehead atoms. The van der Waals surface area contributed by atoms with Gasteiger partial charge < -0.3 is 10.6 Å². The van der Waals surface area contributed by atoms with E-state index in [1.807, 2.05) is 11.4 Å². The number of hydrogen-bond acceptors (Lipinski definition) is 4. The van der Waals surface area contributed by atoms with Gasteiger partial charge in [0.25, 0.3) is 0 Å². The first-order chi connectivity index (χ1) is 8.66. The molecule has 2 aromatic rings. The summed E-state index contributed by atoms with van der Waals surface area (Å²) in [6.45, 7) is 0. The highest BCUT2D eigenvalue weighted by Crippen LogP contribution is 2.09. The number of rotatable bonds is 3. The summed E-state index contributed by atoms with van der Waals surface area (Å²) in [7, 11) is 0. The molecule has 0 aliphatic carbocycles. The molecular weight excluding hydrogens is 255 g/mol. The Bertz CT molecular complexity index is 564. The van der Waals surface area contributed by atoms with Crippen LogP contribution in [0, 0.1) is 5.82 Å². The van der Waals surface area contributed by atoms with E-state index < -0.39 is 11.8 Å². The first kappa shape index (κ1) is 12.3. The molecule has 0 amide bonds. The lowest BCUT2D eigenvalue weighted by atomic mass is 10.2. The Hall–Kier alpha value is -2.21. The second-order valence-electron chi connectivity index (χ2n) is 3.34. The van der Waals surface area contributed by atoms with E-state index in [9.17, 15) is 9.18 Å². The molecule has 0 atom stereocenters. The Morgan fingerprint density at radius 2 is 2.00 bits per heavy atom. The van der Waals surface area contributed by atoms with Gasteiger partial charge in [-0.25, -0.2) is 9.18 Å². The van der Waals surface area contributed by atoms with Gasteiger partial charge in [0, 0.05) is 0 Å². The van der Waals surface area contributed by atoms with Crippen LogP contribution in [0.25, 0.3) is 0 Å². The number of hydrogen-bond donors (Lipinski definition) is 1. The standard InChI is InChI=1S/C12H9FN2O2S/c13-9-5-3-8(4-6-9)12(16)17-15-11(14)10-2-1-7-18-10/h1-7H,(H2,14,15). The fraction of sp³-hybridized carbons (Fsp3) is 0. The average molecular weight is 264 g/mol. The summed E-state index contributed by atoms with van der Waals surface area (Å²) in [5, 5.41) is 5.36. The Balaban J connectivity index is 2.04. The highest BCUT2D eigenvalue weighted by molar-refractivity contribution is 7.12. The van der Waals surface area contributed by atoms with Crippen molar-refractivity contribution in [3.05, 3.63) is 58.0 Å². The van der Waals surface area contributed by atoms with Crippen LogP contribution in [-0.2, 0) is 4.84 Å². The van der Waals surface area contributed by atoms with Gasteiger partial charge in [-0.15, -0.1) is 11.3 Å². The third kappa shape index (κ3) is 2.92. The van der Waals surface area contributed by atoms with E-state index in [1.54, 1.807) is 6.07 Å². The predicted molar refractivity (Wildman–Crippen MR) is 66.9 cm³/mol. The van der Waals surface area contributed by atoms with E-state index in [0.717, 1.165) is 0 Å². The van der Waals surface area contributed by atoms with Crippen LogP contribution < -0.4 is 5.73 Å². The summed E-state index contributed by atoms with van der Waals surface area (Å²) in [5.74, 6) is -0.983. The molecule has 1 aromatic heterocycles. The average Bonchev–Trinajstić information content (AvgIpc) is 2.90.